The smallest absolute Gasteiger partial charge is 0.374 e. The lowest BCUT2D eigenvalue weighted by Gasteiger charge is -2.32. The third-order valence-electron chi connectivity index (χ3n) is 4.91. The lowest BCUT2D eigenvalue weighted by Crippen LogP contribution is -2.35. The van der Waals surface area contributed by atoms with Crippen LogP contribution < -0.4 is 4.90 Å². The molecule has 1 heterocycles. The van der Waals surface area contributed by atoms with Crippen LogP contribution >= 0.6 is 0 Å². The van der Waals surface area contributed by atoms with E-state index in [9.17, 15) is 13.2 Å². The second-order valence-electron chi connectivity index (χ2n) is 6.72. The van der Waals surface area contributed by atoms with Crippen LogP contribution in [-0.2, 0) is 0 Å². The van der Waals surface area contributed by atoms with Gasteiger partial charge in [0.05, 0.1) is 5.92 Å². The Hall–Kier alpha value is -1.23. The van der Waals surface area contributed by atoms with Gasteiger partial charge in [0.1, 0.15) is 0 Å². The Morgan fingerprint density at radius 2 is 1.74 bits per heavy atom. The van der Waals surface area contributed by atoms with Crippen molar-refractivity contribution in [3.8, 4) is 0 Å². The van der Waals surface area contributed by atoms with Crippen molar-refractivity contribution in [2.75, 3.05) is 38.6 Å². The SMILES string of the molecule is CCC(c1ccc(N(C)CC2CCN(C)CC2)cc1)C(F)(F)F. The third-order valence-corrected chi connectivity index (χ3v) is 4.91. The van der Waals surface area contributed by atoms with Crippen molar-refractivity contribution in [3.63, 3.8) is 0 Å². The summed E-state index contributed by atoms with van der Waals surface area (Å²) in [5.74, 6) is -0.704. The Morgan fingerprint density at radius 3 is 2.22 bits per heavy atom. The van der Waals surface area contributed by atoms with Gasteiger partial charge in [-0.3, -0.25) is 0 Å². The van der Waals surface area contributed by atoms with Crippen LogP contribution in [0.1, 0.15) is 37.7 Å². The highest BCUT2D eigenvalue weighted by atomic mass is 19.4. The minimum absolute atomic E-state index is 0.0777. The standard InChI is InChI=1S/C18H27F3N2/c1-4-17(18(19,20)21)15-5-7-16(8-6-15)23(3)13-14-9-11-22(2)12-10-14/h5-8,14,17H,4,9-13H2,1-3H3. The number of hydrogen-bond acceptors (Lipinski definition) is 2. The number of likely N-dealkylation sites (tertiary alicyclic amines) is 1. The van der Waals surface area contributed by atoms with Crippen molar-refractivity contribution in [2.24, 2.45) is 5.92 Å². The minimum Gasteiger partial charge on any atom is -0.374 e. The van der Waals surface area contributed by atoms with Crippen molar-refractivity contribution in [1.29, 1.82) is 0 Å². The van der Waals surface area contributed by atoms with Crippen LogP contribution in [0.25, 0.3) is 0 Å². The molecule has 1 aromatic rings. The molecule has 5 heteroatoms. The van der Waals surface area contributed by atoms with Gasteiger partial charge in [0, 0.05) is 19.3 Å². The molecule has 0 radical (unpaired) electrons. The second kappa shape index (κ2) is 7.56. The molecule has 1 fully saturated rings. The van der Waals surface area contributed by atoms with Gasteiger partial charge < -0.3 is 9.80 Å². The van der Waals surface area contributed by atoms with Crippen molar-refractivity contribution >= 4 is 5.69 Å². The van der Waals surface area contributed by atoms with Crippen LogP contribution in [-0.4, -0.2) is 44.8 Å². The average molecular weight is 328 g/mol. The van der Waals surface area contributed by atoms with E-state index in [1.54, 1.807) is 19.1 Å². The summed E-state index contributed by atoms with van der Waals surface area (Å²) in [7, 11) is 4.16. The van der Waals surface area contributed by atoms with Crippen LogP contribution in [0, 0.1) is 5.92 Å². The Morgan fingerprint density at radius 1 is 1.17 bits per heavy atom. The molecule has 0 aromatic heterocycles. The monoisotopic (exact) mass is 328 g/mol. The topological polar surface area (TPSA) is 6.48 Å². The van der Waals surface area contributed by atoms with Gasteiger partial charge in [0.2, 0.25) is 0 Å². The molecule has 2 nitrogen and oxygen atoms in total. The van der Waals surface area contributed by atoms with Gasteiger partial charge in [-0.1, -0.05) is 19.1 Å². The fourth-order valence-electron chi connectivity index (χ4n) is 3.35. The largest absolute Gasteiger partial charge is 0.395 e. The number of piperidine rings is 1. The maximum atomic E-state index is 13.0. The Kier molecular flexibility index (Phi) is 5.95. The molecule has 0 bridgehead atoms. The minimum atomic E-state index is -4.17. The highest BCUT2D eigenvalue weighted by Gasteiger charge is 2.39. The first-order valence-electron chi connectivity index (χ1n) is 8.37. The summed E-state index contributed by atoms with van der Waals surface area (Å²) in [6.07, 6.45) is -1.72. The first-order valence-corrected chi connectivity index (χ1v) is 8.37. The molecule has 1 aromatic carbocycles. The van der Waals surface area contributed by atoms with Gasteiger partial charge in [-0.2, -0.15) is 13.2 Å². The summed E-state index contributed by atoms with van der Waals surface area (Å²) in [5, 5.41) is 0. The molecule has 1 atom stereocenters. The highest BCUT2D eigenvalue weighted by Crippen LogP contribution is 2.37. The quantitative estimate of drug-likeness (QED) is 0.784. The number of rotatable bonds is 5. The number of halogens is 3. The van der Waals surface area contributed by atoms with E-state index < -0.39 is 12.1 Å². The molecule has 0 amide bonds. The summed E-state index contributed by atoms with van der Waals surface area (Å²) in [5.41, 5.74) is 1.35. The molecule has 0 spiro atoms. The predicted molar refractivity (Wildman–Crippen MR) is 89.0 cm³/mol. The van der Waals surface area contributed by atoms with Crippen molar-refractivity contribution in [3.05, 3.63) is 29.8 Å². The number of nitrogens with zero attached hydrogens (tertiary/aromatic N) is 2. The third kappa shape index (κ3) is 4.87. The zero-order valence-corrected chi connectivity index (χ0v) is 14.2. The molecule has 1 aliphatic rings. The number of anilines is 1. The van der Waals surface area contributed by atoms with Crippen LogP contribution in [0.15, 0.2) is 24.3 Å². The molecule has 0 aliphatic carbocycles. The van der Waals surface area contributed by atoms with Gasteiger partial charge >= 0.3 is 6.18 Å². The van der Waals surface area contributed by atoms with E-state index in [0.717, 1.165) is 25.3 Å². The number of hydrogen-bond donors (Lipinski definition) is 0. The molecule has 0 N–H and O–H groups in total. The lowest BCUT2D eigenvalue weighted by atomic mass is 9.95. The summed E-state index contributed by atoms with van der Waals surface area (Å²) in [6.45, 7) is 4.80. The van der Waals surface area contributed by atoms with Crippen molar-refractivity contribution in [1.82, 2.24) is 4.90 Å². The van der Waals surface area contributed by atoms with E-state index in [1.807, 2.05) is 19.2 Å². The van der Waals surface area contributed by atoms with Crippen molar-refractivity contribution in [2.45, 2.75) is 38.3 Å². The maximum absolute atomic E-state index is 13.0. The van der Waals surface area contributed by atoms with Crippen LogP contribution in [0.2, 0.25) is 0 Å². The fourth-order valence-corrected chi connectivity index (χ4v) is 3.35. The second-order valence-corrected chi connectivity index (χ2v) is 6.72. The molecular formula is C18H27F3N2. The summed E-state index contributed by atoms with van der Waals surface area (Å²) >= 11 is 0. The molecule has 23 heavy (non-hydrogen) atoms. The first kappa shape index (κ1) is 18.1. The zero-order chi connectivity index (χ0) is 17.0. The normalized spacial score (nSPS) is 18.9. The van der Waals surface area contributed by atoms with E-state index in [2.05, 4.69) is 16.8 Å². The van der Waals surface area contributed by atoms with Gasteiger partial charge in [-0.15, -0.1) is 0 Å². The summed E-state index contributed by atoms with van der Waals surface area (Å²) < 4.78 is 39.0. The first-order chi connectivity index (χ1) is 10.8. The molecule has 1 saturated heterocycles. The Labute approximate surface area is 137 Å². The van der Waals surface area contributed by atoms with E-state index in [4.69, 9.17) is 0 Å². The molecule has 2 rings (SSSR count). The summed E-state index contributed by atoms with van der Waals surface area (Å²) in [6, 6.07) is 6.89. The average Bonchev–Trinajstić information content (AvgIpc) is 2.49. The van der Waals surface area contributed by atoms with E-state index >= 15 is 0 Å². The zero-order valence-electron chi connectivity index (χ0n) is 14.2. The van der Waals surface area contributed by atoms with Gasteiger partial charge in [-0.05, 0) is 63.0 Å². The fraction of sp³-hybridized carbons (Fsp3) is 0.667. The molecule has 1 aliphatic heterocycles. The molecule has 0 saturated carbocycles. The lowest BCUT2D eigenvalue weighted by molar-refractivity contribution is -0.151. The van der Waals surface area contributed by atoms with Crippen LogP contribution in [0.3, 0.4) is 0 Å². The number of alkyl halides is 3. The van der Waals surface area contributed by atoms with E-state index in [-0.39, 0.29) is 6.42 Å². The van der Waals surface area contributed by atoms with Gasteiger partial charge in [0.25, 0.3) is 0 Å². The van der Waals surface area contributed by atoms with E-state index in [1.165, 1.54) is 12.8 Å². The molecule has 130 valence electrons. The van der Waals surface area contributed by atoms with Crippen molar-refractivity contribution < 1.29 is 13.2 Å². The molecular weight excluding hydrogens is 301 g/mol. The van der Waals surface area contributed by atoms with Crippen LogP contribution in [0.5, 0.6) is 0 Å². The van der Waals surface area contributed by atoms with E-state index in [0.29, 0.717) is 11.5 Å². The Balaban J connectivity index is 1.98. The van der Waals surface area contributed by atoms with Gasteiger partial charge in [0.15, 0.2) is 0 Å². The van der Waals surface area contributed by atoms with Gasteiger partial charge in [-0.25, -0.2) is 0 Å². The number of benzene rings is 1. The molecule has 1 unspecified atom stereocenters. The maximum Gasteiger partial charge on any atom is 0.395 e. The Bertz CT molecular complexity index is 476. The summed E-state index contributed by atoms with van der Waals surface area (Å²) in [4.78, 5) is 4.50. The highest BCUT2D eigenvalue weighted by molar-refractivity contribution is 5.47. The predicted octanol–water partition coefficient (Wildman–Crippen LogP) is 4.52. The van der Waals surface area contributed by atoms with Crippen LogP contribution in [0.4, 0.5) is 18.9 Å².